The first-order valence-electron chi connectivity index (χ1n) is 8.21. The minimum Gasteiger partial charge on any atom is -0.494 e. The molecule has 1 N–H and O–H groups in total. The third-order valence-electron chi connectivity index (χ3n) is 3.78. The Balaban J connectivity index is 2.01. The maximum Gasteiger partial charge on any atom is 0.224 e. The average Bonchev–Trinajstić information content (AvgIpc) is 2.62. The zero-order valence-corrected chi connectivity index (χ0v) is 14.2. The van der Waals surface area contributed by atoms with Crippen molar-refractivity contribution in [2.45, 2.75) is 20.3 Å². The van der Waals surface area contributed by atoms with E-state index in [4.69, 9.17) is 9.15 Å². The summed E-state index contributed by atoms with van der Waals surface area (Å²) in [6.07, 6.45) is 0.383. The Bertz CT molecular complexity index is 958. The Hall–Kier alpha value is -3.08. The highest BCUT2D eigenvalue weighted by Gasteiger charge is 2.09. The molecule has 0 saturated carbocycles. The van der Waals surface area contributed by atoms with E-state index in [1.807, 2.05) is 31.2 Å². The average molecular weight is 337 g/mol. The molecule has 128 valence electrons. The number of benzene rings is 2. The summed E-state index contributed by atoms with van der Waals surface area (Å²) in [6.45, 7) is 4.29. The van der Waals surface area contributed by atoms with Crippen LogP contribution in [0, 0.1) is 0 Å². The van der Waals surface area contributed by atoms with E-state index in [1.165, 1.54) is 6.07 Å². The molecule has 0 saturated heterocycles. The van der Waals surface area contributed by atoms with Gasteiger partial charge in [-0.15, -0.1) is 0 Å². The van der Waals surface area contributed by atoms with E-state index in [9.17, 15) is 9.59 Å². The molecule has 0 unspecified atom stereocenters. The number of hydrogen-bond acceptors (Lipinski definition) is 4. The van der Waals surface area contributed by atoms with Gasteiger partial charge in [-0.1, -0.05) is 6.92 Å². The molecular weight excluding hydrogens is 318 g/mol. The molecule has 1 aromatic heterocycles. The van der Waals surface area contributed by atoms with Crippen LogP contribution in [0.2, 0.25) is 0 Å². The van der Waals surface area contributed by atoms with E-state index in [1.54, 1.807) is 25.1 Å². The van der Waals surface area contributed by atoms with Gasteiger partial charge in [0.2, 0.25) is 5.91 Å². The van der Waals surface area contributed by atoms with Crippen molar-refractivity contribution in [3.63, 3.8) is 0 Å². The highest BCUT2D eigenvalue weighted by Crippen LogP contribution is 2.25. The van der Waals surface area contributed by atoms with Crippen LogP contribution >= 0.6 is 0 Å². The lowest BCUT2D eigenvalue weighted by atomic mass is 10.1. The van der Waals surface area contributed by atoms with Crippen LogP contribution in [-0.4, -0.2) is 12.5 Å². The minimum atomic E-state index is -0.126. The van der Waals surface area contributed by atoms with Crippen molar-refractivity contribution in [2.75, 3.05) is 11.9 Å². The number of nitrogens with one attached hydrogen (secondary N) is 1. The lowest BCUT2D eigenvalue weighted by molar-refractivity contribution is -0.115. The van der Waals surface area contributed by atoms with Gasteiger partial charge < -0.3 is 14.5 Å². The molecule has 0 spiro atoms. The number of ether oxygens (including phenoxy) is 1. The van der Waals surface area contributed by atoms with Gasteiger partial charge in [0.1, 0.15) is 17.1 Å². The van der Waals surface area contributed by atoms with Gasteiger partial charge >= 0.3 is 0 Å². The molecule has 1 heterocycles. The molecule has 0 aliphatic heterocycles. The van der Waals surface area contributed by atoms with E-state index in [-0.39, 0.29) is 11.3 Å². The molecule has 0 aliphatic carbocycles. The van der Waals surface area contributed by atoms with Crippen LogP contribution in [0.25, 0.3) is 22.3 Å². The van der Waals surface area contributed by atoms with Crippen molar-refractivity contribution < 1.29 is 13.9 Å². The Kier molecular flexibility index (Phi) is 4.84. The number of amides is 1. The first-order valence-corrected chi connectivity index (χ1v) is 8.21. The summed E-state index contributed by atoms with van der Waals surface area (Å²) in [7, 11) is 0. The third kappa shape index (κ3) is 3.71. The highest BCUT2D eigenvalue weighted by atomic mass is 16.5. The topological polar surface area (TPSA) is 68.5 Å². The highest BCUT2D eigenvalue weighted by molar-refractivity contribution is 5.93. The summed E-state index contributed by atoms with van der Waals surface area (Å²) in [5, 5.41) is 3.24. The fourth-order valence-corrected chi connectivity index (χ4v) is 2.51. The van der Waals surface area contributed by atoms with Gasteiger partial charge in [0.25, 0.3) is 0 Å². The molecule has 0 bridgehead atoms. The van der Waals surface area contributed by atoms with Crippen molar-refractivity contribution in [1.82, 2.24) is 0 Å². The van der Waals surface area contributed by atoms with Crippen molar-refractivity contribution in [3.8, 4) is 17.1 Å². The number of rotatable bonds is 5. The molecule has 0 radical (unpaired) electrons. The minimum absolute atomic E-state index is 0.0932. The molecule has 25 heavy (non-hydrogen) atoms. The molecule has 5 heteroatoms. The number of carbonyl (C=O) groups is 1. The Morgan fingerprint density at radius 2 is 1.84 bits per heavy atom. The summed E-state index contributed by atoms with van der Waals surface area (Å²) >= 11 is 0. The molecule has 2 aromatic carbocycles. The van der Waals surface area contributed by atoms with Crippen LogP contribution in [0.3, 0.4) is 0 Å². The van der Waals surface area contributed by atoms with Crippen LogP contribution in [0.5, 0.6) is 5.75 Å². The van der Waals surface area contributed by atoms with Crippen molar-refractivity contribution in [1.29, 1.82) is 0 Å². The number of hydrogen-bond donors (Lipinski definition) is 1. The van der Waals surface area contributed by atoms with Gasteiger partial charge in [-0.25, -0.2) is 0 Å². The first-order chi connectivity index (χ1) is 12.1. The van der Waals surface area contributed by atoms with E-state index >= 15 is 0 Å². The summed E-state index contributed by atoms with van der Waals surface area (Å²) in [5.74, 6) is 1.14. The van der Waals surface area contributed by atoms with Crippen molar-refractivity contribution in [2.24, 2.45) is 0 Å². The van der Waals surface area contributed by atoms with Crippen molar-refractivity contribution in [3.05, 3.63) is 58.8 Å². The van der Waals surface area contributed by atoms with Gasteiger partial charge in [-0.05, 0) is 43.3 Å². The van der Waals surface area contributed by atoms with Gasteiger partial charge in [-0.2, -0.15) is 0 Å². The lowest BCUT2D eigenvalue weighted by Crippen LogP contribution is -2.09. The zero-order valence-electron chi connectivity index (χ0n) is 14.2. The fraction of sp³-hybridized carbons (Fsp3) is 0.200. The van der Waals surface area contributed by atoms with E-state index in [0.29, 0.717) is 35.4 Å². The van der Waals surface area contributed by atoms with E-state index < -0.39 is 0 Å². The van der Waals surface area contributed by atoms with Gasteiger partial charge in [0.15, 0.2) is 5.43 Å². The normalized spacial score (nSPS) is 10.6. The maximum absolute atomic E-state index is 12.4. The Labute approximate surface area is 145 Å². The summed E-state index contributed by atoms with van der Waals surface area (Å²) in [6, 6.07) is 13.9. The van der Waals surface area contributed by atoms with Gasteiger partial charge in [-0.3, -0.25) is 9.59 Å². The van der Waals surface area contributed by atoms with Crippen molar-refractivity contribution >= 4 is 22.6 Å². The SMILES string of the molecule is CCOc1ccc(-c2cc(=O)c3ccc(NC(=O)CC)cc3o2)cc1. The van der Waals surface area contributed by atoms with Gasteiger partial charge in [0.05, 0.1) is 12.0 Å². The summed E-state index contributed by atoms with van der Waals surface area (Å²) < 4.78 is 11.3. The van der Waals surface area contributed by atoms with Crippen LogP contribution in [0.1, 0.15) is 20.3 Å². The first kappa shape index (κ1) is 16.8. The molecule has 0 aliphatic rings. The molecule has 5 nitrogen and oxygen atoms in total. The lowest BCUT2D eigenvalue weighted by Gasteiger charge is -2.07. The quantitative estimate of drug-likeness (QED) is 0.757. The van der Waals surface area contributed by atoms with Crippen LogP contribution in [0.15, 0.2) is 57.7 Å². The van der Waals surface area contributed by atoms with E-state index in [2.05, 4.69) is 5.32 Å². The molecule has 0 atom stereocenters. The second kappa shape index (κ2) is 7.21. The third-order valence-corrected chi connectivity index (χ3v) is 3.78. The molecule has 1 amide bonds. The smallest absolute Gasteiger partial charge is 0.224 e. The Morgan fingerprint density at radius 1 is 1.08 bits per heavy atom. The number of fused-ring (bicyclic) bond motifs is 1. The molecule has 0 fully saturated rings. The predicted molar refractivity (Wildman–Crippen MR) is 98.0 cm³/mol. The zero-order chi connectivity index (χ0) is 17.8. The summed E-state index contributed by atoms with van der Waals surface area (Å²) in [4.78, 5) is 23.9. The Morgan fingerprint density at radius 3 is 2.52 bits per heavy atom. The van der Waals surface area contributed by atoms with Crippen LogP contribution in [-0.2, 0) is 4.79 Å². The molecule has 3 aromatic rings. The van der Waals surface area contributed by atoms with Crippen LogP contribution < -0.4 is 15.5 Å². The molecule has 3 rings (SSSR count). The fourth-order valence-electron chi connectivity index (χ4n) is 2.51. The monoisotopic (exact) mass is 337 g/mol. The standard InChI is InChI=1S/C20H19NO4/c1-3-20(23)21-14-7-10-16-17(22)12-18(25-19(16)11-14)13-5-8-15(9-6-13)24-4-2/h5-12H,3-4H2,1-2H3,(H,21,23). The second-order valence-corrected chi connectivity index (χ2v) is 5.54. The predicted octanol–water partition coefficient (Wildman–Crippen LogP) is 4.21. The molecular formula is C20H19NO4. The number of anilines is 1. The summed E-state index contributed by atoms with van der Waals surface area (Å²) in [5.41, 5.74) is 1.69. The second-order valence-electron chi connectivity index (χ2n) is 5.54. The number of carbonyl (C=O) groups excluding carboxylic acids is 1. The van der Waals surface area contributed by atoms with Gasteiger partial charge in [0, 0.05) is 29.8 Å². The largest absolute Gasteiger partial charge is 0.494 e. The van der Waals surface area contributed by atoms with Crippen LogP contribution in [0.4, 0.5) is 5.69 Å². The maximum atomic E-state index is 12.4. The van der Waals surface area contributed by atoms with E-state index in [0.717, 1.165) is 11.3 Å².